The Morgan fingerprint density at radius 1 is 1.00 bits per heavy atom. The van der Waals surface area contributed by atoms with E-state index in [9.17, 15) is 9.59 Å². The molecule has 1 N–H and O–H groups in total. The largest absolute Gasteiger partial charge is 0.354 e. The van der Waals surface area contributed by atoms with Crippen molar-refractivity contribution in [2.75, 3.05) is 32.7 Å². The van der Waals surface area contributed by atoms with Gasteiger partial charge in [-0.25, -0.2) is 0 Å². The molecule has 2 aliphatic rings. The second-order valence-electron chi connectivity index (χ2n) is 8.39. The number of carbonyl (C=O) groups is 2. The molecule has 0 aromatic heterocycles. The SMILES string of the molecule is O=C(NCC(c1ccccc1)N1CCCC1)C1CC(=O)N(CCc2ccccc2)C1. The average molecular weight is 406 g/mol. The zero-order chi connectivity index (χ0) is 20.8. The Kier molecular flexibility index (Phi) is 6.80. The standard InChI is InChI=1S/C25H31N3O2/c29-24-17-22(19-28(24)16-13-20-9-3-1-4-10-20)25(30)26-18-23(27-14-7-8-15-27)21-11-5-2-6-12-21/h1-6,9-12,22-23H,7-8,13-19H2,(H,26,30). The first kappa shape index (κ1) is 20.6. The minimum absolute atomic E-state index is 0.00527. The fourth-order valence-corrected chi connectivity index (χ4v) is 4.60. The molecule has 2 amide bonds. The van der Waals surface area contributed by atoms with Crippen LogP contribution in [0.5, 0.6) is 0 Å². The number of nitrogens with zero attached hydrogens (tertiary/aromatic N) is 2. The van der Waals surface area contributed by atoms with Crippen LogP contribution in [0.3, 0.4) is 0 Å². The summed E-state index contributed by atoms with van der Waals surface area (Å²) < 4.78 is 0. The Morgan fingerprint density at radius 2 is 1.67 bits per heavy atom. The highest BCUT2D eigenvalue weighted by Crippen LogP contribution is 2.25. The van der Waals surface area contributed by atoms with Crippen molar-refractivity contribution in [3.63, 3.8) is 0 Å². The van der Waals surface area contributed by atoms with Crippen LogP contribution in [-0.2, 0) is 16.0 Å². The molecule has 4 rings (SSSR count). The lowest BCUT2D eigenvalue weighted by atomic mass is 10.0. The molecule has 2 unspecified atom stereocenters. The molecule has 0 radical (unpaired) electrons. The van der Waals surface area contributed by atoms with Crippen LogP contribution in [0.2, 0.25) is 0 Å². The predicted octanol–water partition coefficient (Wildman–Crippen LogP) is 3.03. The molecule has 2 heterocycles. The van der Waals surface area contributed by atoms with Crippen molar-refractivity contribution in [3.05, 3.63) is 71.8 Å². The highest BCUT2D eigenvalue weighted by atomic mass is 16.2. The first-order chi connectivity index (χ1) is 14.7. The van der Waals surface area contributed by atoms with E-state index in [0.29, 0.717) is 26.1 Å². The molecule has 0 saturated carbocycles. The summed E-state index contributed by atoms with van der Waals surface area (Å²) in [6, 6.07) is 20.8. The van der Waals surface area contributed by atoms with Crippen molar-refractivity contribution in [2.24, 2.45) is 5.92 Å². The monoisotopic (exact) mass is 405 g/mol. The molecule has 30 heavy (non-hydrogen) atoms. The summed E-state index contributed by atoms with van der Waals surface area (Å²) in [7, 11) is 0. The molecule has 0 spiro atoms. The van der Waals surface area contributed by atoms with Gasteiger partial charge in [-0.3, -0.25) is 14.5 Å². The van der Waals surface area contributed by atoms with Gasteiger partial charge in [0.05, 0.1) is 12.0 Å². The predicted molar refractivity (Wildman–Crippen MR) is 118 cm³/mol. The maximum absolute atomic E-state index is 12.9. The van der Waals surface area contributed by atoms with Gasteiger partial charge >= 0.3 is 0 Å². The molecular formula is C25H31N3O2. The number of carbonyl (C=O) groups excluding carboxylic acids is 2. The zero-order valence-corrected chi connectivity index (χ0v) is 17.5. The highest BCUT2D eigenvalue weighted by molar-refractivity contribution is 5.89. The number of hydrogen-bond donors (Lipinski definition) is 1. The Balaban J connectivity index is 1.31. The average Bonchev–Trinajstić information content (AvgIpc) is 3.44. The molecule has 2 aromatic carbocycles. The Hall–Kier alpha value is -2.66. The van der Waals surface area contributed by atoms with E-state index < -0.39 is 0 Å². The minimum atomic E-state index is -0.247. The van der Waals surface area contributed by atoms with E-state index in [4.69, 9.17) is 0 Å². The quantitative estimate of drug-likeness (QED) is 0.735. The molecule has 2 atom stereocenters. The van der Waals surface area contributed by atoms with E-state index in [1.807, 2.05) is 29.2 Å². The van der Waals surface area contributed by atoms with E-state index in [2.05, 4.69) is 46.6 Å². The second kappa shape index (κ2) is 9.90. The van der Waals surface area contributed by atoms with Crippen molar-refractivity contribution in [1.82, 2.24) is 15.1 Å². The van der Waals surface area contributed by atoms with E-state index in [-0.39, 0.29) is 23.8 Å². The summed E-state index contributed by atoms with van der Waals surface area (Å²) in [6.45, 7) is 3.94. The van der Waals surface area contributed by atoms with Crippen LogP contribution in [0.25, 0.3) is 0 Å². The fraction of sp³-hybridized carbons (Fsp3) is 0.440. The first-order valence-corrected chi connectivity index (χ1v) is 11.1. The van der Waals surface area contributed by atoms with Crippen LogP contribution in [0.1, 0.15) is 36.4 Å². The van der Waals surface area contributed by atoms with Gasteiger partial charge in [0.2, 0.25) is 11.8 Å². The van der Waals surface area contributed by atoms with Gasteiger partial charge in [-0.05, 0) is 43.5 Å². The molecule has 0 bridgehead atoms. The highest BCUT2D eigenvalue weighted by Gasteiger charge is 2.34. The molecule has 0 aliphatic carbocycles. The van der Waals surface area contributed by atoms with Gasteiger partial charge in [0.25, 0.3) is 0 Å². The van der Waals surface area contributed by atoms with Crippen LogP contribution in [0.4, 0.5) is 0 Å². The number of rotatable bonds is 8. The summed E-state index contributed by atoms with van der Waals surface area (Å²) in [5.74, 6) is -0.154. The van der Waals surface area contributed by atoms with E-state index in [0.717, 1.165) is 19.5 Å². The van der Waals surface area contributed by atoms with Gasteiger partial charge in [-0.2, -0.15) is 0 Å². The van der Waals surface area contributed by atoms with Crippen LogP contribution < -0.4 is 5.32 Å². The fourth-order valence-electron chi connectivity index (χ4n) is 4.60. The molecule has 5 heteroatoms. The first-order valence-electron chi connectivity index (χ1n) is 11.1. The van der Waals surface area contributed by atoms with Crippen LogP contribution in [-0.4, -0.2) is 54.3 Å². The Bertz CT molecular complexity index is 834. The second-order valence-corrected chi connectivity index (χ2v) is 8.39. The maximum Gasteiger partial charge on any atom is 0.225 e. The third kappa shape index (κ3) is 5.08. The lowest BCUT2D eigenvalue weighted by molar-refractivity contribution is -0.129. The van der Waals surface area contributed by atoms with Gasteiger partial charge in [0, 0.05) is 26.1 Å². The molecule has 158 valence electrons. The lowest BCUT2D eigenvalue weighted by Crippen LogP contribution is -2.40. The van der Waals surface area contributed by atoms with Crippen molar-refractivity contribution < 1.29 is 9.59 Å². The summed E-state index contributed by atoms with van der Waals surface area (Å²) in [5, 5.41) is 3.16. The van der Waals surface area contributed by atoms with Crippen molar-refractivity contribution >= 4 is 11.8 Å². The molecule has 2 aliphatic heterocycles. The summed E-state index contributed by atoms with van der Waals surface area (Å²) >= 11 is 0. The van der Waals surface area contributed by atoms with Gasteiger partial charge in [0.1, 0.15) is 0 Å². The zero-order valence-electron chi connectivity index (χ0n) is 17.5. The molecule has 2 saturated heterocycles. The van der Waals surface area contributed by atoms with Crippen molar-refractivity contribution in [1.29, 1.82) is 0 Å². The van der Waals surface area contributed by atoms with Crippen LogP contribution >= 0.6 is 0 Å². The molecule has 2 aromatic rings. The summed E-state index contributed by atoms with van der Waals surface area (Å²) in [6.07, 6.45) is 3.57. The summed E-state index contributed by atoms with van der Waals surface area (Å²) in [4.78, 5) is 29.6. The maximum atomic E-state index is 12.9. The van der Waals surface area contributed by atoms with Crippen molar-refractivity contribution in [2.45, 2.75) is 31.7 Å². The van der Waals surface area contributed by atoms with Crippen LogP contribution in [0.15, 0.2) is 60.7 Å². The lowest BCUT2D eigenvalue weighted by Gasteiger charge is -2.28. The number of benzene rings is 2. The molecule has 2 fully saturated rings. The van der Waals surface area contributed by atoms with Gasteiger partial charge in [-0.15, -0.1) is 0 Å². The van der Waals surface area contributed by atoms with Gasteiger partial charge < -0.3 is 10.2 Å². The topological polar surface area (TPSA) is 52.7 Å². The van der Waals surface area contributed by atoms with Gasteiger partial charge in [-0.1, -0.05) is 60.7 Å². The molecular weight excluding hydrogens is 374 g/mol. The van der Waals surface area contributed by atoms with E-state index in [1.54, 1.807) is 0 Å². The Morgan fingerprint density at radius 3 is 2.37 bits per heavy atom. The number of hydrogen-bond acceptors (Lipinski definition) is 3. The van der Waals surface area contributed by atoms with E-state index in [1.165, 1.54) is 24.0 Å². The normalized spacial score (nSPS) is 20.5. The third-order valence-electron chi connectivity index (χ3n) is 6.33. The van der Waals surface area contributed by atoms with E-state index >= 15 is 0 Å². The number of likely N-dealkylation sites (tertiary alicyclic amines) is 2. The third-order valence-corrected chi connectivity index (χ3v) is 6.33. The number of amides is 2. The number of nitrogens with one attached hydrogen (secondary N) is 1. The van der Waals surface area contributed by atoms with Gasteiger partial charge in [0.15, 0.2) is 0 Å². The summed E-state index contributed by atoms with van der Waals surface area (Å²) in [5.41, 5.74) is 2.46. The van der Waals surface area contributed by atoms with Crippen LogP contribution in [0, 0.1) is 5.92 Å². The molecule has 5 nitrogen and oxygen atoms in total. The smallest absolute Gasteiger partial charge is 0.225 e. The Labute approximate surface area is 179 Å². The van der Waals surface area contributed by atoms with Crippen molar-refractivity contribution in [3.8, 4) is 0 Å². The minimum Gasteiger partial charge on any atom is -0.354 e.